The van der Waals surface area contributed by atoms with Crippen molar-refractivity contribution in [3.05, 3.63) is 77.2 Å². The summed E-state index contributed by atoms with van der Waals surface area (Å²) in [6, 6.07) is 10.8. The van der Waals surface area contributed by atoms with Gasteiger partial charge in [0.1, 0.15) is 6.61 Å². The van der Waals surface area contributed by atoms with Crippen molar-refractivity contribution in [1.82, 2.24) is 9.97 Å². The van der Waals surface area contributed by atoms with E-state index in [4.69, 9.17) is 19.8 Å². The molecule has 1 aromatic heterocycles. The molecule has 0 aliphatic heterocycles. The van der Waals surface area contributed by atoms with Gasteiger partial charge < -0.3 is 14.6 Å². The lowest BCUT2D eigenvalue weighted by Crippen LogP contribution is -2.04. The molecule has 1 heterocycles. The summed E-state index contributed by atoms with van der Waals surface area (Å²) in [6.07, 6.45) is 1.06. The van der Waals surface area contributed by atoms with Gasteiger partial charge in [0.05, 0.1) is 18.1 Å². The molecular weight excluding hydrogens is 384 g/mol. The van der Waals surface area contributed by atoms with Gasteiger partial charge in [-0.25, -0.2) is 13.8 Å². The highest BCUT2D eigenvalue weighted by Gasteiger charge is 2.11. The molecule has 0 bridgehead atoms. The van der Waals surface area contributed by atoms with Gasteiger partial charge in [-0.3, -0.25) is 4.79 Å². The van der Waals surface area contributed by atoms with Crippen LogP contribution in [0.1, 0.15) is 17.0 Å². The Morgan fingerprint density at radius 2 is 1.86 bits per heavy atom. The van der Waals surface area contributed by atoms with Crippen LogP contribution in [-0.4, -0.2) is 21.0 Å². The Bertz CT molecular complexity index is 1100. The Labute approximate surface area is 163 Å². The summed E-state index contributed by atoms with van der Waals surface area (Å²) in [5.74, 6) is -2.52. The molecule has 146 valence electrons. The summed E-state index contributed by atoms with van der Waals surface area (Å²) < 4.78 is 38.6. The van der Waals surface area contributed by atoms with Crippen molar-refractivity contribution >= 4 is 5.97 Å². The molecule has 0 aliphatic rings. The Hall–Kier alpha value is -4.06. The molecule has 29 heavy (non-hydrogen) atoms. The van der Waals surface area contributed by atoms with Crippen molar-refractivity contribution < 1.29 is 28.2 Å². The second kappa shape index (κ2) is 8.75. The predicted octanol–water partition coefficient (Wildman–Crippen LogP) is 3.62. The van der Waals surface area contributed by atoms with Gasteiger partial charge in [-0.1, -0.05) is 6.07 Å². The summed E-state index contributed by atoms with van der Waals surface area (Å²) >= 11 is 0. The van der Waals surface area contributed by atoms with Gasteiger partial charge in [-0.15, -0.1) is 0 Å². The molecule has 0 radical (unpaired) electrons. The van der Waals surface area contributed by atoms with E-state index >= 15 is 0 Å². The number of carboxylic acids is 1. The summed E-state index contributed by atoms with van der Waals surface area (Å²) in [4.78, 5) is 18.7. The van der Waals surface area contributed by atoms with E-state index < -0.39 is 17.6 Å². The number of nitrogens with zero attached hydrogens (tertiary/aromatic N) is 3. The molecular formula is C20H13F2N3O4. The van der Waals surface area contributed by atoms with E-state index in [1.807, 2.05) is 6.07 Å². The zero-order valence-electron chi connectivity index (χ0n) is 14.8. The first kappa shape index (κ1) is 19.7. The fourth-order valence-corrected chi connectivity index (χ4v) is 2.36. The second-order valence-electron chi connectivity index (χ2n) is 5.79. The Morgan fingerprint density at radius 1 is 1.10 bits per heavy atom. The van der Waals surface area contributed by atoms with Crippen LogP contribution < -0.4 is 9.47 Å². The lowest BCUT2D eigenvalue weighted by Gasteiger charge is -2.09. The molecule has 0 unspecified atom stereocenters. The third kappa shape index (κ3) is 5.23. The molecule has 2 aromatic carbocycles. The molecule has 0 aliphatic carbocycles. The van der Waals surface area contributed by atoms with Gasteiger partial charge in [0.2, 0.25) is 5.88 Å². The van der Waals surface area contributed by atoms with Crippen LogP contribution in [-0.2, 0) is 17.8 Å². The van der Waals surface area contributed by atoms with Gasteiger partial charge in [0.15, 0.2) is 29.0 Å². The number of aliphatic carboxylic acids is 1. The monoisotopic (exact) mass is 397 g/mol. The molecule has 0 fully saturated rings. The first-order valence-electron chi connectivity index (χ1n) is 8.27. The number of nitriles is 1. The van der Waals surface area contributed by atoms with Crippen molar-refractivity contribution in [1.29, 1.82) is 5.26 Å². The molecule has 0 amide bonds. The van der Waals surface area contributed by atoms with E-state index in [2.05, 4.69) is 9.97 Å². The third-order valence-electron chi connectivity index (χ3n) is 3.66. The fourth-order valence-electron chi connectivity index (χ4n) is 2.36. The lowest BCUT2D eigenvalue weighted by atomic mass is 10.1. The highest BCUT2D eigenvalue weighted by molar-refractivity contribution is 5.70. The topological polar surface area (TPSA) is 105 Å². The zero-order chi connectivity index (χ0) is 20.8. The summed E-state index contributed by atoms with van der Waals surface area (Å²) in [5.41, 5.74) is 0.460. The van der Waals surface area contributed by atoms with Crippen LogP contribution in [0.3, 0.4) is 0 Å². The highest BCUT2D eigenvalue weighted by atomic mass is 19.1. The molecule has 1 N–H and O–H groups in total. The van der Waals surface area contributed by atoms with Crippen molar-refractivity contribution in [3.8, 4) is 23.4 Å². The van der Waals surface area contributed by atoms with E-state index in [9.17, 15) is 13.6 Å². The predicted molar refractivity (Wildman–Crippen MR) is 95.3 cm³/mol. The molecule has 0 saturated heterocycles. The molecule has 7 nitrogen and oxygen atoms in total. The van der Waals surface area contributed by atoms with Crippen LogP contribution in [0.15, 0.2) is 48.7 Å². The van der Waals surface area contributed by atoms with Gasteiger partial charge in [0.25, 0.3) is 0 Å². The molecule has 9 heteroatoms. The van der Waals surface area contributed by atoms with Gasteiger partial charge in [-0.05, 0) is 35.9 Å². The minimum atomic E-state index is -1.07. The number of benzene rings is 2. The van der Waals surface area contributed by atoms with E-state index in [1.165, 1.54) is 36.5 Å². The average Bonchev–Trinajstić information content (AvgIpc) is 2.69. The first-order valence-corrected chi connectivity index (χ1v) is 8.27. The normalized spacial score (nSPS) is 10.2. The Balaban J connectivity index is 1.68. The number of rotatable bonds is 7. The minimum Gasteiger partial charge on any atom is -0.483 e. The highest BCUT2D eigenvalue weighted by Crippen LogP contribution is 2.24. The molecule has 0 atom stereocenters. The standard InChI is InChI=1S/C20H13F2N3O4/c21-14-8-13(10-23)2-3-16(14)28-11-18-24-6-5-19(25-18)29-17-4-1-12(7-15(17)22)9-20(26)27/h1-8H,9,11H2,(H,26,27). The van der Waals surface area contributed by atoms with E-state index in [0.29, 0.717) is 5.56 Å². The van der Waals surface area contributed by atoms with E-state index in [1.54, 1.807) is 0 Å². The van der Waals surface area contributed by atoms with Crippen molar-refractivity contribution in [2.45, 2.75) is 13.0 Å². The van der Waals surface area contributed by atoms with Gasteiger partial charge >= 0.3 is 5.97 Å². The minimum absolute atomic E-state index is 0.0313. The van der Waals surface area contributed by atoms with Crippen molar-refractivity contribution in [2.24, 2.45) is 0 Å². The summed E-state index contributed by atoms with van der Waals surface area (Å²) in [6.45, 7) is -0.181. The van der Waals surface area contributed by atoms with Crippen LogP contribution in [0.25, 0.3) is 0 Å². The first-order chi connectivity index (χ1) is 13.9. The van der Waals surface area contributed by atoms with Crippen molar-refractivity contribution in [2.75, 3.05) is 0 Å². The number of carboxylic acid groups (broad SMARTS) is 1. The molecule has 0 saturated carbocycles. The lowest BCUT2D eigenvalue weighted by molar-refractivity contribution is -0.136. The molecule has 0 spiro atoms. The second-order valence-corrected chi connectivity index (χ2v) is 5.79. The number of aromatic nitrogens is 2. The van der Waals surface area contributed by atoms with Crippen molar-refractivity contribution in [3.63, 3.8) is 0 Å². The smallest absolute Gasteiger partial charge is 0.307 e. The fraction of sp³-hybridized carbons (Fsp3) is 0.100. The van der Waals surface area contributed by atoms with Crippen LogP contribution in [0.4, 0.5) is 8.78 Å². The molecule has 3 aromatic rings. The zero-order valence-corrected chi connectivity index (χ0v) is 14.8. The average molecular weight is 397 g/mol. The summed E-state index contributed by atoms with van der Waals surface area (Å²) in [7, 11) is 0. The van der Waals surface area contributed by atoms with Crippen LogP contribution in [0.2, 0.25) is 0 Å². The van der Waals surface area contributed by atoms with Gasteiger partial charge in [-0.2, -0.15) is 10.2 Å². The Morgan fingerprint density at radius 3 is 2.55 bits per heavy atom. The maximum atomic E-state index is 14.1. The van der Waals surface area contributed by atoms with Gasteiger partial charge in [0, 0.05) is 12.3 Å². The van der Waals surface area contributed by atoms with Crippen LogP contribution in [0.5, 0.6) is 17.4 Å². The number of hydrogen-bond acceptors (Lipinski definition) is 6. The van der Waals surface area contributed by atoms with E-state index in [0.717, 1.165) is 12.1 Å². The maximum absolute atomic E-state index is 14.1. The number of ether oxygens (including phenoxy) is 2. The largest absolute Gasteiger partial charge is 0.483 e. The van der Waals surface area contributed by atoms with Crippen LogP contribution in [0, 0.1) is 23.0 Å². The quantitative estimate of drug-likeness (QED) is 0.649. The van der Waals surface area contributed by atoms with Crippen LogP contribution >= 0.6 is 0 Å². The number of halogens is 2. The maximum Gasteiger partial charge on any atom is 0.307 e. The number of hydrogen-bond donors (Lipinski definition) is 1. The summed E-state index contributed by atoms with van der Waals surface area (Å²) in [5, 5.41) is 17.5. The van der Waals surface area contributed by atoms with E-state index in [-0.39, 0.29) is 41.8 Å². The Kier molecular flexibility index (Phi) is 5.94. The number of carbonyl (C=O) groups is 1. The SMILES string of the molecule is N#Cc1ccc(OCc2nccc(Oc3ccc(CC(=O)O)cc3F)n2)c(F)c1. The third-order valence-corrected chi connectivity index (χ3v) is 3.66. The molecule has 3 rings (SSSR count).